The molecule has 1 N–H and O–H groups in total. The summed E-state index contributed by atoms with van der Waals surface area (Å²) in [6.45, 7) is 4.74. The molecule has 2 aromatic rings. The van der Waals surface area contributed by atoms with Gasteiger partial charge in [-0.1, -0.05) is 0 Å². The highest BCUT2D eigenvalue weighted by molar-refractivity contribution is 6.00. The third-order valence-electron chi connectivity index (χ3n) is 3.37. The largest absolute Gasteiger partial charge is 0.349 e. The standard InChI is InChI=1S/C14H15N3O/c1-9-7-11(3-5-15-9)12-4-6-17-10(2)8-16-14(18)13(12)17/h3-7,10H,8H2,1-2H3,(H,16,18)/t10-/m0/s1. The number of carbonyl (C=O) groups excluding carboxylic acids is 1. The van der Waals surface area contributed by atoms with Crippen LogP contribution < -0.4 is 5.32 Å². The van der Waals surface area contributed by atoms with E-state index < -0.39 is 0 Å². The Balaban J connectivity index is 2.17. The fourth-order valence-electron chi connectivity index (χ4n) is 2.42. The molecule has 1 aliphatic heterocycles. The molecule has 18 heavy (non-hydrogen) atoms. The molecule has 3 heterocycles. The molecule has 0 fully saturated rings. The maximum Gasteiger partial charge on any atom is 0.268 e. The minimum Gasteiger partial charge on any atom is -0.349 e. The van der Waals surface area contributed by atoms with E-state index in [9.17, 15) is 4.79 Å². The molecule has 0 aromatic carbocycles. The van der Waals surface area contributed by atoms with Gasteiger partial charge in [-0.05, 0) is 37.6 Å². The van der Waals surface area contributed by atoms with Crippen molar-refractivity contribution in [3.8, 4) is 11.1 Å². The zero-order valence-corrected chi connectivity index (χ0v) is 10.5. The van der Waals surface area contributed by atoms with Crippen molar-refractivity contribution in [1.82, 2.24) is 14.9 Å². The minimum atomic E-state index is 0.00238. The highest BCUT2D eigenvalue weighted by Gasteiger charge is 2.25. The van der Waals surface area contributed by atoms with E-state index in [0.29, 0.717) is 12.6 Å². The van der Waals surface area contributed by atoms with Gasteiger partial charge in [-0.15, -0.1) is 0 Å². The first-order chi connectivity index (χ1) is 8.66. The normalized spacial score (nSPS) is 18.3. The van der Waals surface area contributed by atoms with Crippen LogP contribution in [0.1, 0.15) is 29.1 Å². The SMILES string of the molecule is Cc1cc(-c2ccn3c2C(=O)NC[C@@H]3C)ccn1. The Morgan fingerprint density at radius 3 is 3.06 bits per heavy atom. The summed E-state index contributed by atoms with van der Waals surface area (Å²) in [5, 5.41) is 2.92. The van der Waals surface area contributed by atoms with Gasteiger partial charge in [0, 0.05) is 36.2 Å². The third kappa shape index (κ3) is 1.61. The number of pyridine rings is 1. The van der Waals surface area contributed by atoms with Crippen LogP contribution in [0.3, 0.4) is 0 Å². The maximum absolute atomic E-state index is 12.0. The van der Waals surface area contributed by atoms with E-state index in [-0.39, 0.29) is 5.91 Å². The van der Waals surface area contributed by atoms with Crippen LogP contribution in [0.15, 0.2) is 30.6 Å². The molecule has 0 bridgehead atoms. The molecule has 0 spiro atoms. The molecule has 3 rings (SSSR count). The Morgan fingerprint density at radius 2 is 2.28 bits per heavy atom. The Bertz CT molecular complexity index is 615. The van der Waals surface area contributed by atoms with Crippen LogP contribution in [-0.4, -0.2) is 22.0 Å². The van der Waals surface area contributed by atoms with Crippen LogP contribution in [0.2, 0.25) is 0 Å². The number of aryl methyl sites for hydroxylation is 1. The topological polar surface area (TPSA) is 46.9 Å². The van der Waals surface area contributed by atoms with E-state index in [1.807, 2.05) is 35.9 Å². The van der Waals surface area contributed by atoms with E-state index in [1.54, 1.807) is 6.20 Å². The molecule has 0 aliphatic carbocycles. The smallest absolute Gasteiger partial charge is 0.268 e. The van der Waals surface area contributed by atoms with Gasteiger partial charge >= 0.3 is 0 Å². The van der Waals surface area contributed by atoms with Crippen molar-refractivity contribution in [3.63, 3.8) is 0 Å². The monoisotopic (exact) mass is 241 g/mol. The van der Waals surface area contributed by atoms with Gasteiger partial charge in [0.15, 0.2) is 0 Å². The van der Waals surface area contributed by atoms with E-state index in [4.69, 9.17) is 0 Å². The van der Waals surface area contributed by atoms with Crippen LogP contribution in [-0.2, 0) is 0 Å². The van der Waals surface area contributed by atoms with Crippen molar-refractivity contribution in [2.75, 3.05) is 6.54 Å². The molecule has 4 heteroatoms. The molecule has 1 aliphatic rings. The summed E-state index contributed by atoms with van der Waals surface area (Å²) < 4.78 is 2.05. The van der Waals surface area contributed by atoms with Crippen LogP contribution in [0.25, 0.3) is 11.1 Å². The summed E-state index contributed by atoms with van der Waals surface area (Å²) in [6, 6.07) is 6.25. The fourth-order valence-corrected chi connectivity index (χ4v) is 2.42. The fraction of sp³-hybridized carbons (Fsp3) is 0.286. The highest BCUT2D eigenvalue weighted by atomic mass is 16.2. The predicted octanol–water partition coefficient (Wildman–Crippen LogP) is 2.16. The molecular formula is C14H15N3O. The number of rotatable bonds is 1. The first kappa shape index (κ1) is 11.0. The zero-order valence-electron chi connectivity index (χ0n) is 10.5. The number of fused-ring (bicyclic) bond motifs is 1. The molecule has 0 radical (unpaired) electrons. The third-order valence-corrected chi connectivity index (χ3v) is 3.37. The molecule has 4 nitrogen and oxygen atoms in total. The first-order valence-corrected chi connectivity index (χ1v) is 6.09. The first-order valence-electron chi connectivity index (χ1n) is 6.09. The Kier molecular flexibility index (Phi) is 2.44. The number of nitrogens with zero attached hydrogens (tertiary/aromatic N) is 2. The van der Waals surface area contributed by atoms with E-state index in [2.05, 4.69) is 17.2 Å². The average molecular weight is 241 g/mol. The van der Waals surface area contributed by atoms with E-state index >= 15 is 0 Å². The quantitative estimate of drug-likeness (QED) is 0.831. The number of amides is 1. The van der Waals surface area contributed by atoms with Gasteiger partial charge in [-0.25, -0.2) is 0 Å². The second-order valence-corrected chi connectivity index (χ2v) is 4.73. The lowest BCUT2D eigenvalue weighted by Crippen LogP contribution is -2.37. The zero-order chi connectivity index (χ0) is 12.7. The van der Waals surface area contributed by atoms with Gasteiger partial charge < -0.3 is 9.88 Å². The number of hydrogen-bond donors (Lipinski definition) is 1. The van der Waals surface area contributed by atoms with E-state index in [1.165, 1.54) is 0 Å². The number of nitrogens with one attached hydrogen (secondary N) is 1. The van der Waals surface area contributed by atoms with Crippen molar-refractivity contribution in [2.24, 2.45) is 0 Å². The van der Waals surface area contributed by atoms with Crippen LogP contribution in [0.5, 0.6) is 0 Å². The van der Waals surface area contributed by atoms with Crippen molar-refractivity contribution in [1.29, 1.82) is 0 Å². The number of carbonyl (C=O) groups is 1. The lowest BCUT2D eigenvalue weighted by Gasteiger charge is -2.24. The Morgan fingerprint density at radius 1 is 1.44 bits per heavy atom. The minimum absolute atomic E-state index is 0.00238. The molecule has 0 saturated heterocycles. The van der Waals surface area contributed by atoms with Gasteiger partial charge in [0.2, 0.25) is 0 Å². The van der Waals surface area contributed by atoms with Crippen LogP contribution >= 0.6 is 0 Å². The molecule has 0 unspecified atom stereocenters. The van der Waals surface area contributed by atoms with Crippen molar-refractivity contribution < 1.29 is 4.79 Å². The summed E-state index contributed by atoms with van der Waals surface area (Å²) in [7, 11) is 0. The predicted molar refractivity (Wildman–Crippen MR) is 69.4 cm³/mol. The Hall–Kier alpha value is -2.10. The lowest BCUT2D eigenvalue weighted by atomic mass is 10.1. The van der Waals surface area contributed by atoms with Crippen molar-refractivity contribution >= 4 is 5.91 Å². The van der Waals surface area contributed by atoms with Gasteiger partial charge in [-0.2, -0.15) is 0 Å². The van der Waals surface area contributed by atoms with Gasteiger partial charge in [-0.3, -0.25) is 9.78 Å². The maximum atomic E-state index is 12.0. The van der Waals surface area contributed by atoms with Crippen molar-refractivity contribution in [2.45, 2.75) is 19.9 Å². The second kappa shape index (κ2) is 3.98. The molecule has 1 amide bonds. The highest BCUT2D eigenvalue weighted by Crippen LogP contribution is 2.29. The van der Waals surface area contributed by atoms with Crippen LogP contribution in [0.4, 0.5) is 0 Å². The summed E-state index contributed by atoms with van der Waals surface area (Å²) in [6.07, 6.45) is 3.77. The average Bonchev–Trinajstić information content (AvgIpc) is 2.80. The van der Waals surface area contributed by atoms with Gasteiger partial charge in [0.1, 0.15) is 5.69 Å². The molecule has 1 atom stereocenters. The number of aromatic nitrogens is 2. The molecular weight excluding hydrogens is 226 g/mol. The van der Waals surface area contributed by atoms with Crippen LogP contribution in [0, 0.1) is 6.92 Å². The van der Waals surface area contributed by atoms with Gasteiger partial charge in [0.05, 0.1) is 0 Å². The van der Waals surface area contributed by atoms with E-state index in [0.717, 1.165) is 22.5 Å². The summed E-state index contributed by atoms with van der Waals surface area (Å²) >= 11 is 0. The second-order valence-electron chi connectivity index (χ2n) is 4.73. The summed E-state index contributed by atoms with van der Waals surface area (Å²) in [5.74, 6) is 0.00238. The summed E-state index contributed by atoms with van der Waals surface area (Å²) in [5.41, 5.74) is 3.72. The van der Waals surface area contributed by atoms with Crippen molar-refractivity contribution in [3.05, 3.63) is 42.0 Å². The summed E-state index contributed by atoms with van der Waals surface area (Å²) in [4.78, 5) is 16.2. The molecule has 92 valence electrons. The lowest BCUT2D eigenvalue weighted by molar-refractivity contribution is 0.0918. The molecule has 2 aromatic heterocycles. The number of hydrogen-bond acceptors (Lipinski definition) is 2. The Labute approximate surface area is 106 Å². The van der Waals surface area contributed by atoms with Gasteiger partial charge in [0.25, 0.3) is 5.91 Å². The molecule has 0 saturated carbocycles.